The van der Waals surface area contributed by atoms with E-state index in [1.807, 2.05) is 12.1 Å². The maximum absolute atomic E-state index is 11.5. The van der Waals surface area contributed by atoms with E-state index in [-0.39, 0.29) is 5.75 Å². The van der Waals surface area contributed by atoms with E-state index in [1.165, 1.54) is 0 Å². The van der Waals surface area contributed by atoms with E-state index in [2.05, 4.69) is 4.98 Å². The fraction of sp³-hybridized carbons (Fsp3) is 0.176. The van der Waals surface area contributed by atoms with Gasteiger partial charge in [0.05, 0.1) is 11.4 Å². The standard InChI is InChI=1S/C17H14Cl3NO2S/c1-24(23)8-15(22)17-16(11-4-2-10(19)7-13(11)20)12-6-9(18)3-5-14(12)21-17/h2-7,15,21-22H,8H2,1H3. The monoisotopic (exact) mass is 401 g/mol. The van der Waals surface area contributed by atoms with E-state index in [0.717, 1.165) is 22.0 Å². The van der Waals surface area contributed by atoms with Crippen LogP contribution in [-0.2, 0) is 10.8 Å². The highest BCUT2D eigenvalue weighted by Crippen LogP contribution is 2.40. The Balaban J connectivity index is 2.29. The number of aromatic nitrogens is 1. The number of rotatable bonds is 4. The Morgan fingerprint density at radius 2 is 1.79 bits per heavy atom. The van der Waals surface area contributed by atoms with Crippen LogP contribution in [0.3, 0.4) is 0 Å². The molecule has 24 heavy (non-hydrogen) atoms. The van der Waals surface area contributed by atoms with Crippen molar-refractivity contribution in [3.8, 4) is 11.1 Å². The van der Waals surface area contributed by atoms with Crippen LogP contribution in [0, 0.1) is 0 Å². The number of aliphatic hydroxyl groups excluding tert-OH is 1. The third-order valence-electron chi connectivity index (χ3n) is 3.72. The van der Waals surface area contributed by atoms with Crippen LogP contribution in [0.25, 0.3) is 22.0 Å². The van der Waals surface area contributed by atoms with E-state index in [1.54, 1.807) is 30.5 Å². The number of hydrogen-bond acceptors (Lipinski definition) is 2. The molecule has 0 aliphatic heterocycles. The summed E-state index contributed by atoms with van der Waals surface area (Å²) in [5.41, 5.74) is 2.85. The van der Waals surface area contributed by atoms with Gasteiger partial charge in [0.2, 0.25) is 0 Å². The SMILES string of the molecule is CS(=O)CC(O)c1[nH]c2ccc(Cl)cc2c1-c1ccc(Cl)cc1Cl. The van der Waals surface area contributed by atoms with E-state index >= 15 is 0 Å². The van der Waals surface area contributed by atoms with Crippen molar-refractivity contribution in [1.29, 1.82) is 0 Å². The largest absolute Gasteiger partial charge is 0.386 e. The molecule has 0 aliphatic carbocycles. The molecular weight excluding hydrogens is 389 g/mol. The summed E-state index contributed by atoms with van der Waals surface area (Å²) in [5.74, 6) is 0.124. The first-order chi connectivity index (χ1) is 11.4. The van der Waals surface area contributed by atoms with E-state index in [0.29, 0.717) is 20.8 Å². The molecule has 0 fully saturated rings. The second kappa shape index (κ2) is 7.06. The first-order valence-corrected chi connectivity index (χ1v) is 9.97. The van der Waals surface area contributed by atoms with Crippen LogP contribution < -0.4 is 0 Å². The summed E-state index contributed by atoms with van der Waals surface area (Å²) in [6.07, 6.45) is 0.640. The van der Waals surface area contributed by atoms with E-state index in [4.69, 9.17) is 34.8 Å². The molecule has 0 radical (unpaired) electrons. The summed E-state index contributed by atoms with van der Waals surface area (Å²) in [5, 5.41) is 12.9. The van der Waals surface area contributed by atoms with Gasteiger partial charge in [-0.25, -0.2) is 0 Å². The Bertz CT molecular complexity index is 939. The maximum Gasteiger partial charge on any atom is 0.106 e. The number of hydrogen-bond donors (Lipinski definition) is 2. The molecule has 1 aromatic heterocycles. The maximum atomic E-state index is 11.5. The summed E-state index contributed by atoms with van der Waals surface area (Å²) in [6, 6.07) is 10.6. The molecule has 3 aromatic rings. The van der Waals surface area contributed by atoms with Gasteiger partial charge in [0.1, 0.15) is 6.10 Å². The number of aromatic amines is 1. The Kier molecular flexibility index (Phi) is 5.23. The van der Waals surface area contributed by atoms with Crippen molar-refractivity contribution in [3.63, 3.8) is 0 Å². The summed E-state index contributed by atoms with van der Waals surface area (Å²) < 4.78 is 11.5. The van der Waals surface area contributed by atoms with Gasteiger partial charge in [-0.3, -0.25) is 4.21 Å². The van der Waals surface area contributed by atoms with Crippen LogP contribution in [0.15, 0.2) is 36.4 Å². The van der Waals surface area contributed by atoms with Crippen LogP contribution in [-0.4, -0.2) is 26.3 Å². The summed E-state index contributed by atoms with van der Waals surface area (Å²) in [4.78, 5) is 3.20. The lowest BCUT2D eigenvalue weighted by Gasteiger charge is -2.12. The minimum absolute atomic E-state index is 0.124. The first-order valence-electron chi connectivity index (χ1n) is 7.11. The molecule has 0 bridgehead atoms. The summed E-state index contributed by atoms with van der Waals surface area (Å²) in [7, 11) is -1.15. The Hall–Kier alpha value is -1.04. The molecule has 2 atom stereocenters. The zero-order chi connectivity index (χ0) is 17.4. The number of aliphatic hydroxyl groups is 1. The van der Waals surface area contributed by atoms with Crippen LogP contribution in [0.5, 0.6) is 0 Å². The molecular formula is C17H14Cl3NO2S. The van der Waals surface area contributed by atoms with Crippen LogP contribution in [0.4, 0.5) is 0 Å². The topological polar surface area (TPSA) is 53.1 Å². The molecule has 2 unspecified atom stereocenters. The Morgan fingerprint density at radius 1 is 1.12 bits per heavy atom. The summed E-state index contributed by atoms with van der Waals surface area (Å²) >= 11 is 18.5. The zero-order valence-electron chi connectivity index (χ0n) is 12.6. The number of nitrogens with one attached hydrogen (secondary N) is 1. The highest BCUT2D eigenvalue weighted by Gasteiger charge is 2.22. The molecule has 3 rings (SSSR count). The molecule has 2 N–H and O–H groups in total. The summed E-state index contributed by atoms with van der Waals surface area (Å²) in [6.45, 7) is 0. The normalized spacial score (nSPS) is 14.0. The van der Waals surface area contributed by atoms with Gasteiger partial charge in [-0.05, 0) is 30.3 Å². The van der Waals surface area contributed by atoms with E-state index < -0.39 is 16.9 Å². The predicted octanol–water partition coefficient (Wildman–Crippen LogP) is 5.21. The van der Waals surface area contributed by atoms with Gasteiger partial charge in [-0.1, -0.05) is 40.9 Å². The Labute approximate surface area is 157 Å². The van der Waals surface area contributed by atoms with E-state index in [9.17, 15) is 9.32 Å². The first kappa shape index (κ1) is 17.8. The van der Waals surface area contributed by atoms with Gasteiger partial charge in [0.15, 0.2) is 0 Å². The molecule has 1 heterocycles. The minimum atomic E-state index is -1.15. The lowest BCUT2D eigenvalue weighted by atomic mass is 10.00. The number of fused-ring (bicyclic) bond motifs is 1. The van der Waals surface area contributed by atoms with Crippen molar-refractivity contribution in [3.05, 3.63) is 57.2 Å². The third kappa shape index (κ3) is 3.48. The molecule has 126 valence electrons. The predicted molar refractivity (Wildman–Crippen MR) is 103 cm³/mol. The Morgan fingerprint density at radius 3 is 2.46 bits per heavy atom. The molecule has 3 nitrogen and oxygen atoms in total. The lowest BCUT2D eigenvalue weighted by molar-refractivity contribution is 0.199. The molecule has 0 saturated carbocycles. The zero-order valence-corrected chi connectivity index (χ0v) is 15.7. The fourth-order valence-corrected chi connectivity index (χ4v) is 4.01. The van der Waals surface area contributed by atoms with Gasteiger partial charge < -0.3 is 10.1 Å². The fourth-order valence-electron chi connectivity index (χ4n) is 2.72. The quantitative estimate of drug-likeness (QED) is 0.629. The molecule has 0 spiro atoms. The smallest absolute Gasteiger partial charge is 0.106 e. The third-order valence-corrected chi connectivity index (χ3v) is 5.28. The van der Waals surface area contributed by atoms with Crippen molar-refractivity contribution in [1.82, 2.24) is 4.98 Å². The van der Waals surface area contributed by atoms with Crippen molar-refractivity contribution in [2.75, 3.05) is 12.0 Å². The van der Waals surface area contributed by atoms with Crippen molar-refractivity contribution in [2.24, 2.45) is 0 Å². The van der Waals surface area contributed by atoms with Crippen LogP contribution >= 0.6 is 34.8 Å². The van der Waals surface area contributed by atoms with Gasteiger partial charge in [0, 0.05) is 54.2 Å². The number of H-pyrrole nitrogens is 1. The molecule has 0 saturated heterocycles. The lowest BCUT2D eigenvalue weighted by Crippen LogP contribution is -2.09. The van der Waals surface area contributed by atoms with Crippen molar-refractivity contribution in [2.45, 2.75) is 6.10 Å². The highest BCUT2D eigenvalue weighted by molar-refractivity contribution is 7.84. The molecule has 7 heteroatoms. The second-order valence-electron chi connectivity index (χ2n) is 5.48. The second-order valence-corrected chi connectivity index (χ2v) is 8.24. The molecule has 0 aliphatic rings. The number of benzene rings is 2. The minimum Gasteiger partial charge on any atom is -0.386 e. The van der Waals surface area contributed by atoms with Crippen molar-refractivity contribution >= 4 is 56.5 Å². The number of halogens is 3. The van der Waals surface area contributed by atoms with Crippen molar-refractivity contribution < 1.29 is 9.32 Å². The van der Waals surface area contributed by atoms with Crippen LogP contribution in [0.1, 0.15) is 11.8 Å². The average molecular weight is 403 g/mol. The van der Waals surface area contributed by atoms with Gasteiger partial charge in [0.25, 0.3) is 0 Å². The molecule has 0 amide bonds. The van der Waals surface area contributed by atoms with Gasteiger partial charge in [-0.2, -0.15) is 0 Å². The highest BCUT2D eigenvalue weighted by atomic mass is 35.5. The molecule has 2 aromatic carbocycles. The average Bonchev–Trinajstić information content (AvgIpc) is 2.85. The van der Waals surface area contributed by atoms with Gasteiger partial charge in [-0.15, -0.1) is 0 Å². The van der Waals surface area contributed by atoms with Crippen LogP contribution in [0.2, 0.25) is 15.1 Å². The van der Waals surface area contributed by atoms with Gasteiger partial charge >= 0.3 is 0 Å².